The number of hydrogen-bond donors (Lipinski definition) is 1. The monoisotopic (exact) mass is 344 g/mol. The van der Waals surface area contributed by atoms with E-state index in [4.69, 9.17) is 11.6 Å². The molecule has 0 radical (unpaired) electrons. The van der Waals surface area contributed by atoms with Crippen LogP contribution >= 0.6 is 47.8 Å². The van der Waals surface area contributed by atoms with Gasteiger partial charge in [-0.1, -0.05) is 31.9 Å². The summed E-state index contributed by atoms with van der Waals surface area (Å²) in [7, 11) is 0. The fourth-order valence-electron chi connectivity index (χ4n) is 2.49. The van der Waals surface area contributed by atoms with Crippen molar-refractivity contribution in [3.63, 3.8) is 0 Å². The van der Waals surface area contributed by atoms with Gasteiger partial charge in [-0.05, 0) is 18.1 Å². The maximum Gasteiger partial charge on any atom is 0.0931 e. The van der Waals surface area contributed by atoms with Gasteiger partial charge < -0.3 is 5.32 Å². The summed E-state index contributed by atoms with van der Waals surface area (Å²) in [4.78, 5) is 4.03. The Labute approximate surface area is 137 Å². The van der Waals surface area contributed by atoms with Crippen molar-refractivity contribution in [2.24, 2.45) is 5.92 Å². The van der Waals surface area contributed by atoms with Crippen molar-refractivity contribution in [3.05, 3.63) is 21.3 Å². The maximum atomic E-state index is 6.08. The molecule has 2 nitrogen and oxygen atoms in total. The second-order valence-corrected chi connectivity index (χ2v) is 6.50. The fourth-order valence-corrected chi connectivity index (χ4v) is 3.82. The molecule has 0 amide bonds. The largest absolute Gasteiger partial charge is 0.314 e. The van der Waals surface area contributed by atoms with Crippen LogP contribution in [0.25, 0.3) is 0 Å². The highest BCUT2D eigenvalue weighted by molar-refractivity contribution is 7.16. The van der Waals surface area contributed by atoms with E-state index in [9.17, 15) is 0 Å². The van der Waals surface area contributed by atoms with Gasteiger partial charge in [0.15, 0.2) is 0 Å². The fraction of sp³-hybridized carbons (Fsp3) is 0.692. The molecular weight excluding hydrogens is 323 g/mol. The number of rotatable bonds is 4. The van der Waals surface area contributed by atoms with Crippen LogP contribution in [-0.2, 0) is 0 Å². The number of thiophene rings is 1. The third-order valence-electron chi connectivity index (χ3n) is 3.61. The molecule has 0 aliphatic carbocycles. The zero-order chi connectivity index (χ0) is 12.3. The number of halogens is 3. The van der Waals surface area contributed by atoms with Gasteiger partial charge >= 0.3 is 0 Å². The molecule has 1 fully saturated rings. The molecule has 1 aromatic rings. The van der Waals surface area contributed by atoms with Crippen LogP contribution in [0.15, 0.2) is 12.1 Å². The van der Waals surface area contributed by atoms with Crippen LogP contribution < -0.4 is 5.32 Å². The van der Waals surface area contributed by atoms with Crippen LogP contribution in [-0.4, -0.2) is 31.1 Å². The van der Waals surface area contributed by atoms with E-state index in [0.29, 0.717) is 12.0 Å². The Kier molecular flexibility index (Phi) is 9.67. The third-order valence-corrected chi connectivity index (χ3v) is 4.92. The van der Waals surface area contributed by atoms with Gasteiger partial charge in [0.05, 0.1) is 4.34 Å². The molecule has 2 rings (SSSR count). The summed E-state index contributed by atoms with van der Waals surface area (Å²) >= 11 is 7.82. The molecule has 2 heterocycles. The van der Waals surface area contributed by atoms with Crippen molar-refractivity contribution in [2.45, 2.75) is 26.3 Å². The first-order chi connectivity index (χ1) is 8.22. The smallest absolute Gasteiger partial charge is 0.0931 e. The molecule has 2 atom stereocenters. The van der Waals surface area contributed by atoms with Gasteiger partial charge in [-0.3, -0.25) is 4.90 Å². The van der Waals surface area contributed by atoms with Gasteiger partial charge in [-0.25, -0.2) is 0 Å². The molecule has 1 N–H and O–H groups in total. The Bertz CT molecular complexity index is 353. The molecule has 1 aliphatic heterocycles. The van der Waals surface area contributed by atoms with Crippen molar-refractivity contribution in [2.75, 3.05) is 26.2 Å². The Morgan fingerprint density at radius 3 is 2.42 bits per heavy atom. The standard InChI is InChI=1S/C13H21ClN2S.2ClH/c1-3-10(2)13(11-4-5-12(14)17-11)16-8-6-15-7-9-16;;/h4-5,10,13,15H,3,6-9H2,1-2H3;2*1H/t10?,13-;;/m0../s1. The van der Waals surface area contributed by atoms with Crippen LogP contribution in [0.4, 0.5) is 0 Å². The van der Waals surface area contributed by atoms with Crippen molar-refractivity contribution in [1.82, 2.24) is 10.2 Å². The highest BCUT2D eigenvalue weighted by Crippen LogP contribution is 2.36. The van der Waals surface area contributed by atoms with Crippen molar-refractivity contribution in [3.8, 4) is 0 Å². The lowest BCUT2D eigenvalue weighted by Gasteiger charge is -2.37. The van der Waals surface area contributed by atoms with Gasteiger partial charge in [0.25, 0.3) is 0 Å². The predicted molar refractivity (Wildman–Crippen MR) is 90.5 cm³/mol. The molecule has 0 bridgehead atoms. The Morgan fingerprint density at radius 2 is 1.95 bits per heavy atom. The van der Waals surface area contributed by atoms with Crippen LogP contribution in [0.2, 0.25) is 4.34 Å². The first-order valence-corrected chi connectivity index (χ1v) is 7.61. The molecule has 0 saturated carbocycles. The lowest BCUT2D eigenvalue weighted by molar-refractivity contribution is 0.131. The van der Waals surface area contributed by atoms with E-state index in [-0.39, 0.29) is 24.8 Å². The quantitative estimate of drug-likeness (QED) is 0.878. The summed E-state index contributed by atoms with van der Waals surface area (Å²) in [5.74, 6) is 0.683. The minimum absolute atomic E-state index is 0. The number of nitrogens with one attached hydrogen (secondary N) is 1. The molecule has 19 heavy (non-hydrogen) atoms. The lowest BCUT2D eigenvalue weighted by Crippen LogP contribution is -2.46. The summed E-state index contributed by atoms with van der Waals surface area (Å²) in [6, 6.07) is 4.77. The average Bonchev–Trinajstić information content (AvgIpc) is 2.77. The molecule has 0 spiro atoms. The molecule has 1 unspecified atom stereocenters. The van der Waals surface area contributed by atoms with Gasteiger partial charge in [-0.15, -0.1) is 36.2 Å². The van der Waals surface area contributed by atoms with Crippen LogP contribution in [0, 0.1) is 5.92 Å². The predicted octanol–water partition coefficient (Wildman–Crippen LogP) is 4.24. The first kappa shape index (κ1) is 19.5. The third kappa shape index (κ3) is 5.07. The van der Waals surface area contributed by atoms with E-state index in [1.54, 1.807) is 11.3 Å². The molecule has 1 saturated heterocycles. The van der Waals surface area contributed by atoms with E-state index < -0.39 is 0 Å². The first-order valence-electron chi connectivity index (χ1n) is 6.42. The molecule has 1 aromatic heterocycles. The zero-order valence-corrected chi connectivity index (χ0v) is 14.6. The van der Waals surface area contributed by atoms with E-state index in [1.165, 1.54) is 11.3 Å². The highest BCUT2D eigenvalue weighted by Gasteiger charge is 2.27. The summed E-state index contributed by atoms with van der Waals surface area (Å²) in [6.45, 7) is 9.11. The summed E-state index contributed by atoms with van der Waals surface area (Å²) < 4.78 is 0.906. The van der Waals surface area contributed by atoms with Gasteiger partial charge in [-0.2, -0.15) is 0 Å². The van der Waals surface area contributed by atoms with Crippen LogP contribution in [0.3, 0.4) is 0 Å². The van der Waals surface area contributed by atoms with E-state index >= 15 is 0 Å². The summed E-state index contributed by atoms with van der Waals surface area (Å²) in [5, 5.41) is 3.42. The number of piperazine rings is 1. The van der Waals surface area contributed by atoms with Gasteiger partial charge in [0.2, 0.25) is 0 Å². The minimum Gasteiger partial charge on any atom is -0.314 e. The maximum absolute atomic E-state index is 6.08. The van der Waals surface area contributed by atoms with E-state index in [2.05, 4.69) is 30.1 Å². The van der Waals surface area contributed by atoms with Gasteiger partial charge in [0.1, 0.15) is 0 Å². The molecule has 112 valence electrons. The second-order valence-electron chi connectivity index (χ2n) is 4.76. The summed E-state index contributed by atoms with van der Waals surface area (Å²) in [5.41, 5.74) is 0. The topological polar surface area (TPSA) is 15.3 Å². The molecule has 0 aromatic carbocycles. The van der Waals surface area contributed by atoms with Crippen molar-refractivity contribution < 1.29 is 0 Å². The SMILES string of the molecule is CCC(C)[C@@H](c1ccc(Cl)s1)N1CCNCC1.Cl.Cl. The lowest BCUT2D eigenvalue weighted by atomic mass is 9.95. The van der Waals surface area contributed by atoms with Crippen molar-refractivity contribution >= 4 is 47.8 Å². The number of nitrogens with zero attached hydrogens (tertiary/aromatic N) is 1. The highest BCUT2D eigenvalue weighted by atomic mass is 35.5. The van der Waals surface area contributed by atoms with Gasteiger partial charge in [0, 0.05) is 37.1 Å². The second kappa shape index (κ2) is 9.43. The Morgan fingerprint density at radius 1 is 1.32 bits per heavy atom. The summed E-state index contributed by atoms with van der Waals surface area (Å²) in [6.07, 6.45) is 1.21. The van der Waals surface area contributed by atoms with Crippen LogP contribution in [0.1, 0.15) is 31.2 Å². The van der Waals surface area contributed by atoms with E-state index in [1.807, 2.05) is 6.07 Å². The molecule has 1 aliphatic rings. The minimum atomic E-state index is 0. The molecular formula is C13H23Cl3N2S. The van der Waals surface area contributed by atoms with Crippen molar-refractivity contribution in [1.29, 1.82) is 0 Å². The van der Waals surface area contributed by atoms with Crippen LogP contribution in [0.5, 0.6) is 0 Å². The Balaban J connectivity index is 0.00000162. The molecule has 6 heteroatoms. The number of hydrogen-bond acceptors (Lipinski definition) is 3. The normalized spacial score (nSPS) is 19.1. The average molecular weight is 346 g/mol. The Hall–Kier alpha value is 0.490. The van der Waals surface area contributed by atoms with E-state index in [0.717, 1.165) is 30.5 Å². The zero-order valence-electron chi connectivity index (χ0n) is 11.4.